The Morgan fingerprint density at radius 1 is 1.22 bits per heavy atom. The van der Waals surface area contributed by atoms with Crippen LogP contribution in [0.1, 0.15) is 44.2 Å². The number of alkyl carbamates (subject to hydrolysis) is 1. The summed E-state index contributed by atoms with van der Waals surface area (Å²) >= 11 is 1.73. The normalized spacial score (nSPS) is 12.5. The van der Waals surface area contributed by atoms with Crippen LogP contribution in [0.5, 0.6) is 0 Å². The Bertz CT molecular complexity index is 633. The molecule has 1 unspecified atom stereocenters. The summed E-state index contributed by atoms with van der Waals surface area (Å²) in [5.41, 5.74) is 1.56. The van der Waals surface area contributed by atoms with E-state index in [0.29, 0.717) is 6.54 Å². The van der Waals surface area contributed by atoms with Crippen LogP contribution >= 0.6 is 11.3 Å². The molecule has 1 amide bonds. The molecule has 23 heavy (non-hydrogen) atoms. The molecular formula is C18H24N2O2S. The number of anilines is 1. The second kappa shape index (κ2) is 7.51. The van der Waals surface area contributed by atoms with Crippen LogP contribution in [0.2, 0.25) is 0 Å². The molecule has 0 spiro atoms. The molecule has 2 rings (SSSR count). The van der Waals surface area contributed by atoms with Gasteiger partial charge >= 0.3 is 6.09 Å². The number of benzene rings is 1. The summed E-state index contributed by atoms with van der Waals surface area (Å²) in [6.45, 7) is 8.11. The summed E-state index contributed by atoms with van der Waals surface area (Å²) in [6, 6.07) is 12.4. The van der Waals surface area contributed by atoms with Gasteiger partial charge in [0.1, 0.15) is 5.60 Å². The molecule has 1 atom stereocenters. The van der Waals surface area contributed by atoms with E-state index in [1.54, 1.807) is 11.3 Å². The summed E-state index contributed by atoms with van der Waals surface area (Å²) in [4.78, 5) is 13.1. The van der Waals surface area contributed by atoms with Crippen LogP contribution in [0, 0.1) is 0 Å². The fourth-order valence-corrected chi connectivity index (χ4v) is 2.87. The Morgan fingerprint density at radius 2 is 1.96 bits per heavy atom. The lowest BCUT2D eigenvalue weighted by atomic mass is 10.1. The van der Waals surface area contributed by atoms with Crippen molar-refractivity contribution in [3.63, 3.8) is 0 Å². The number of rotatable bonds is 5. The topological polar surface area (TPSA) is 50.4 Å². The summed E-state index contributed by atoms with van der Waals surface area (Å²) < 4.78 is 5.27. The van der Waals surface area contributed by atoms with Crippen molar-refractivity contribution < 1.29 is 9.53 Å². The summed E-state index contributed by atoms with van der Waals surface area (Å²) in [7, 11) is 0. The Kier molecular flexibility index (Phi) is 5.66. The lowest BCUT2D eigenvalue weighted by Gasteiger charge is -2.21. The molecular weight excluding hydrogens is 308 g/mol. The highest BCUT2D eigenvalue weighted by Crippen LogP contribution is 2.25. The molecule has 0 saturated heterocycles. The zero-order chi connectivity index (χ0) is 16.9. The number of hydrogen-bond acceptors (Lipinski definition) is 4. The monoisotopic (exact) mass is 332 g/mol. The van der Waals surface area contributed by atoms with Crippen molar-refractivity contribution in [2.24, 2.45) is 0 Å². The van der Waals surface area contributed by atoms with Crippen LogP contribution in [0.4, 0.5) is 10.5 Å². The van der Waals surface area contributed by atoms with Gasteiger partial charge in [-0.2, -0.15) is 0 Å². The number of ether oxygens (including phenoxy) is 1. The van der Waals surface area contributed by atoms with E-state index in [2.05, 4.69) is 29.0 Å². The molecule has 5 heteroatoms. The maximum absolute atomic E-state index is 11.8. The molecule has 0 aliphatic carbocycles. The number of nitrogens with one attached hydrogen (secondary N) is 2. The average molecular weight is 332 g/mol. The maximum atomic E-state index is 11.8. The first-order valence-corrected chi connectivity index (χ1v) is 8.58. The number of amides is 1. The van der Waals surface area contributed by atoms with E-state index in [1.165, 1.54) is 4.88 Å². The van der Waals surface area contributed by atoms with Crippen molar-refractivity contribution >= 4 is 23.1 Å². The minimum absolute atomic E-state index is 0.220. The SMILES string of the molecule is CC(Nc1ccccc1CNC(=O)OC(C)(C)C)c1cccs1. The molecule has 4 nitrogen and oxygen atoms in total. The molecule has 0 aliphatic heterocycles. The smallest absolute Gasteiger partial charge is 0.407 e. The van der Waals surface area contributed by atoms with E-state index < -0.39 is 11.7 Å². The lowest BCUT2D eigenvalue weighted by molar-refractivity contribution is 0.0523. The molecule has 0 aliphatic rings. The van der Waals surface area contributed by atoms with Crippen LogP contribution in [0.3, 0.4) is 0 Å². The Hall–Kier alpha value is -2.01. The highest BCUT2D eigenvalue weighted by molar-refractivity contribution is 7.10. The minimum atomic E-state index is -0.491. The summed E-state index contributed by atoms with van der Waals surface area (Å²) in [6.07, 6.45) is -0.404. The van der Waals surface area contributed by atoms with Crippen molar-refractivity contribution in [3.05, 3.63) is 52.2 Å². The van der Waals surface area contributed by atoms with Gasteiger partial charge < -0.3 is 15.4 Å². The van der Waals surface area contributed by atoms with E-state index >= 15 is 0 Å². The van der Waals surface area contributed by atoms with E-state index in [4.69, 9.17) is 4.74 Å². The summed E-state index contributed by atoms with van der Waals surface area (Å²) in [5, 5.41) is 8.38. The van der Waals surface area contributed by atoms with Crippen LogP contribution in [0.25, 0.3) is 0 Å². The standard InChI is InChI=1S/C18H24N2O2S/c1-13(16-10-7-11-23-16)20-15-9-6-5-8-14(15)12-19-17(21)22-18(2,3)4/h5-11,13,20H,12H2,1-4H3,(H,19,21). The van der Waals surface area contributed by atoms with Crippen LogP contribution in [-0.4, -0.2) is 11.7 Å². The third kappa shape index (κ3) is 5.60. The minimum Gasteiger partial charge on any atom is -0.444 e. The fraction of sp³-hybridized carbons (Fsp3) is 0.389. The number of carbonyl (C=O) groups is 1. The Morgan fingerprint density at radius 3 is 2.61 bits per heavy atom. The second-order valence-electron chi connectivity index (χ2n) is 6.39. The predicted octanol–water partition coefficient (Wildman–Crippen LogP) is 4.95. The van der Waals surface area contributed by atoms with Gasteiger partial charge in [-0.25, -0.2) is 4.79 Å². The van der Waals surface area contributed by atoms with E-state index in [0.717, 1.165) is 11.3 Å². The van der Waals surface area contributed by atoms with E-state index in [-0.39, 0.29) is 6.04 Å². The average Bonchev–Trinajstić information content (AvgIpc) is 2.99. The highest BCUT2D eigenvalue weighted by atomic mass is 32.1. The highest BCUT2D eigenvalue weighted by Gasteiger charge is 2.16. The molecule has 1 heterocycles. The number of para-hydroxylation sites is 1. The molecule has 1 aromatic carbocycles. The van der Waals surface area contributed by atoms with Gasteiger partial charge in [0.05, 0.1) is 6.04 Å². The van der Waals surface area contributed by atoms with E-state index in [1.807, 2.05) is 51.1 Å². The zero-order valence-electron chi connectivity index (χ0n) is 14.1. The van der Waals surface area contributed by atoms with Crippen molar-refractivity contribution in [2.75, 3.05) is 5.32 Å². The molecule has 0 bridgehead atoms. The second-order valence-corrected chi connectivity index (χ2v) is 7.37. The van der Waals surface area contributed by atoms with Crippen molar-refractivity contribution in [1.82, 2.24) is 5.32 Å². The van der Waals surface area contributed by atoms with Crippen molar-refractivity contribution in [1.29, 1.82) is 0 Å². The molecule has 2 aromatic rings. The van der Waals surface area contributed by atoms with Gasteiger partial charge in [0.15, 0.2) is 0 Å². The first-order chi connectivity index (χ1) is 10.8. The van der Waals surface area contributed by atoms with Gasteiger partial charge in [0.2, 0.25) is 0 Å². The Labute approximate surface area is 141 Å². The largest absolute Gasteiger partial charge is 0.444 e. The Balaban J connectivity index is 1.99. The number of thiophene rings is 1. The first kappa shape index (κ1) is 17.3. The maximum Gasteiger partial charge on any atom is 0.407 e. The van der Waals surface area contributed by atoms with Crippen LogP contribution < -0.4 is 10.6 Å². The molecule has 0 saturated carbocycles. The first-order valence-electron chi connectivity index (χ1n) is 7.70. The molecule has 0 fully saturated rings. The van der Waals surface area contributed by atoms with Crippen LogP contribution in [0.15, 0.2) is 41.8 Å². The van der Waals surface area contributed by atoms with Gasteiger partial charge in [0, 0.05) is 17.1 Å². The van der Waals surface area contributed by atoms with Crippen LogP contribution in [-0.2, 0) is 11.3 Å². The number of carbonyl (C=O) groups excluding carboxylic acids is 1. The lowest BCUT2D eigenvalue weighted by Crippen LogP contribution is -2.32. The molecule has 124 valence electrons. The van der Waals surface area contributed by atoms with Gasteiger partial charge in [-0.3, -0.25) is 0 Å². The molecule has 0 radical (unpaired) electrons. The fourth-order valence-electron chi connectivity index (χ4n) is 2.14. The van der Waals surface area contributed by atoms with Gasteiger partial charge in [-0.05, 0) is 50.8 Å². The zero-order valence-corrected chi connectivity index (χ0v) is 14.9. The van der Waals surface area contributed by atoms with Gasteiger partial charge in [-0.15, -0.1) is 11.3 Å². The van der Waals surface area contributed by atoms with Gasteiger partial charge in [-0.1, -0.05) is 24.3 Å². The third-order valence-electron chi connectivity index (χ3n) is 3.18. The van der Waals surface area contributed by atoms with Gasteiger partial charge in [0.25, 0.3) is 0 Å². The molecule has 2 N–H and O–H groups in total. The van der Waals surface area contributed by atoms with Crippen molar-refractivity contribution in [2.45, 2.75) is 45.9 Å². The summed E-state index contributed by atoms with van der Waals surface area (Å²) in [5.74, 6) is 0. The third-order valence-corrected chi connectivity index (χ3v) is 4.24. The van der Waals surface area contributed by atoms with E-state index in [9.17, 15) is 4.79 Å². The molecule has 1 aromatic heterocycles. The van der Waals surface area contributed by atoms with Crippen molar-refractivity contribution in [3.8, 4) is 0 Å². The quantitative estimate of drug-likeness (QED) is 0.815. The predicted molar refractivity (Wildman–Crippen MR) is 95.9 cm³/mol. The number of hydrogen-bond donors (Lipinski definition) is 2.